The lowest BCUT2D eigenvalue weighted by Gasteiger charge is -2.14. The SMILES string of the molecule is CNC(=O)c1cccc(CCNC(=NCC(=O)N(C)C)NCCSc2ccccc2)c1.I. The highest BCUT2D eigenvalue weighted by atomic mass is 127. The number of thioether (sulfide) groups is 1. The Hall–Kier alpha value is -2.27. The summed E-state index contributed by atoms with van der Waals surface area (Å²) >= 11 is 1.76. The van der Waals surface area contributed by atoms with Gasteiger partial charge >= 0.3 is 0 Å². The number of guanidine groups is 1. The molecule has 0 aliphatic carbocycles. The van der Waals surface area contributed by atoms with E-state index in [2.05, 4.69) is 33.1 Å². The third-order valence-electron chi connectivity index (χ3n) is 4.40. The largest absolute Gasteiger partial charge is 0.356 e. The highest BCUT2D eigenvalue weighted by molar-refractivity contribution is 14.0. The molecule has 0 bridgehead atoms. The number of carbonyl (C=O) groups is 2. The first-order chi connectivity index (χ1) is 15.0. The Labute approximate surface area is 211 Å². The molecule has 7 nitrogen and oxygen atoms in total. The molecule has 0 aliphatic heterocycles. The van der Waals surface area contributed by atoms with Crippen molar-refractivity contribution in [1.82, 2.24) is 20.9 Å². The molecule has 9 heteroatoms. The van der Waals surface area contributed by atoms with Crippen LogP contribution in [0.5, 0.6) is 0 Å². The van der Waals surface area contributed by atoms with Gasteiger partial charge in [0.1, 0.15) is 6.54 Å². The molecular weight excluding hydrogens is 537 g/mol. The number of halogens is 1. The third-order valence-corrected chi connectivity index (χ3v) is 5.41. The van der Waals surface area contributed by atoms with E-state index in [0.29, 0.717) is 24.6 Å². The summed E-state index contributed by atoms with van der Waals surface area (Å²) in [5.74, 6) is 1.32. The number of hydrogen-bond donors (Lipinski definition) is 3. The molecule has 0 atom stereocenters. The van der Waals surface area contributed by atoms with E-state index >= 15 is 0 Å². The molecule has 2 aromatic carbocycles. The van der Waals surface area contributed by atoms with Crippen LogP contribution in [-0.2, 0) is 11.2 Å². The van der Waals surface area contributed by atoms with Gasteiger partial charge in [0.15, 0.2) is 5.96 Å². The number of amides is 2. The Morgan fingerprint density at radius 1 is 1.00 bits per heavy atom. The predicted octanol–water partition coefficient (Wildman–Crippen LogP) is 2.62. The lowest BCUT2D eigenvalue weighted by Crippen LogP contribution is -2.40. The van der Waals surface area contributed by atoms with Gasteiger partial charge in [-0.25, -0.2) is 4.99 Å². The van der Waals surface area contributed by atoms with Crippen molar-refractivity contribution in [1.29, 1.82) is 0 Å². The molecule has 0 unspecified atom stereocenters. The van der Waals surface area contributed by atoms with E-state index in [1.807, 2.05) is 36.4 Å². The second-order valence-corrected chi connectivity index (χ2v) is 8.17. The highest BCUT2D eigenvalue weighted by Gasteiger charge is 2.06. The fourth-order valence-electron chi connectivity index (χ4n) is 2.66. The monoisotopic (exact) mass is 569 g/mol. The van der Waals surface area contributed by atoms with Crippen LogP contribution < -0.4 is 16.0 Å². The van der Waals surface area contributed by atoms with Crippen molar-refractivity contribution in [2.75, 3.05) is 46.5 Å². The summed E-state index contributed by atoms with van der Waals surface area (Å²) in [6.07, 6.45) is 0.728. The Balaban J connectivity index is 0.00000512. The van der Waals surface area contributed by atoms with Crippen molar-refractivity contribution in [3.8, 4) is 0 Å². The first-order valence-electron chi connectivity index (χ1n) is 10.2. The smallest absolute Gasteiger partial charge is 0.251 e. The van der Waals surface area contributed by atoms with E-state index in [4.69, 9.17) is 0 Å². The molecule has 0 saturated carbocycles. The number of carbonyl (C=O) groups excluding carboxylic acids is 2. The topological polar surface area (TPSA) is 85.8 Å². The van der Waals surface area contributed by atoms with E-state index in [9.17, 15) is 9.59 Å². The van der Waals surface area contributed by atoms with E-state index in [-0.39, 0.29) is 42.3 Å². The summed E-state index contributed by atoms with van der Waals surface area (Å²) in [5.41, 5.74) is 1.69. The highest BCUT2D eigenvalue weighted by Crippen LogP contribution is 2.15. The Morgan fingerprint density at radius 3 is 2.41 bits per heavy atom. The number of benzene rings is 2. The minimum atomic E-state index is -0.100. The average molecular weight is 570 g/mol. The molecule has 0 heterocycles. The summed E-state index contributed by atoms with van der Waals surface area (Å²) in [5, 5.41) is 9.21. The molecule has 2 rings (SSSR count). The first kappa shape index (κ1) is 27.8. The Bertz CT molecular complexity index is 878. The normalized spacial score (nSPS) is 10.7. The van der Waals surface area contributed by atoms with Gasteiger partial charge < -0.3 is 20.9 Å². The zero-order valence-corrected chi connectivity index (χ0v) is 21.9. The van der Waals surface area contributed by atoms with Crippen LogP contribution in [0.15, 0.2) is 64.5 Å². The Kier molecular flexibility index (Phi) is 13.5. The number of likely N-dealkylation sites (N-methyl/N-ethyl adjacent to an activating group) is 1. The quantitative estimate of drug-likeness (QED) is 0.135. The molecule has 0 spiro atoms. The van der Waals surface area contributed by atoms with Crippen LogP contribution in [0.4, 0.5) is 0 Å². The summed E-state index contributed by atoms with van der Waals surface area (Å²) < 4.78 is 0. The van der Waals surface area contributed by atoms with E-state index in [1.165, 1.54) is 9.80 Å². The van der Waals surface area contributed by atoms with Crippen LogP contribution in [0.2, 0.25) is 0 Å². The van der Waals surface area contributed by atoms with Gasteiger partial charge in [-0.3, -0.25) is 9.59 Å². The van der Waals surface area contributed by atoms with E-state index in [0.717, 1.165) is 17.7 Å². The maximum absolute atomic E-state index is 11.9. The van der Waals surface area contributed by atoms with Gasteiger partial charge in [-0.1, -0.05) is 30.3 Å². The van der Waals surface area contributed by atoms with Crippen LogP contribution in [0, 0.1) is 0 Å². The van der Waals surface area contributed by atoms with Gasteiger partial charge in [-0.2, -0.15) is 0 Å². The summed E-state index contributed by atoms with van der Waals surface area (Å²) in [6.45, 7) is 1.43. The zero-order valence-electron chi connectivity index (χ0n) is 18.8. The van der Waals surface area contributed by atoms with Crippen LogP contribution in [-0.4, -0.2) is 69.2 Å². The molecule has 2 amide bonds. The second kappa shape index (κ2) is 15.5. The standard InChI is InChI=1S/C23H31N5O2S.HI/c1-24-22(30)19-9-7-8-18(16-19)12-13-25-23(27-17-21(29)28(2)3)26-14-15-31-20-10-5-4-6-11-20;/h4-11,16H,12-15,17H2,1-3H3,(H,24,30)(H2,25,26,27);1H. The number of rotatable bonds is 10. The number of nitrogens with zero attached hydrogens (tertiary/aromatic N) is 2. The fourth-order valence-corrected chi connectivity index (χ4v) is 3.44. The lowest BCUT2D eigenvalue weighted by atomic mass is 10.1. The maximum Gasteiger partial charge on any atom is 0.251 e. The van der Waals surface area contributed by atoms with Crippen molar-refractivity contribution >= 4 is 53.5 Å². The van der Waals surface area contributed by atoms with Crippen molar-refractivity contribution in [2.24, 2.45) is 4.99 Å². The molecule has 0 aliphatic rings. The summed E-state index contributed by atoms with van der Waals surface area (Å²) in [4.78, 5) is 30.9. The van der Waals surface area contributed by atoms with Gasteiger partial charge in [0.05, 0.1) is 0 Å². The molecule has 174 valence electrons. The lowest BCUT2D eigenvalue weighted by molar-refractivity contribution is -0.127. The zero-order chi connectivity index (χ0) is 22.5. The Morgan fingerprint density at radius 2 is 1.72 bits per heavy atom. The molecule has 32 heavy (non-hydrogen) atoms. The maximum atomic E-state index is 11.9. The predicted molar refractivity (Wildman–Crippen MR) is 143 cm³/mol. The fraction of sp³-hybridized carbons (Fsp3) is 0.348. The van der Waals surface area contributed by atoms with Crippen LogP contribution >= 0.6 is 35.7 Å². The average Bonchev–Trinajstić information content (AvgIpc) is 2.79. The molecular formula is C23H32IN5O2S. The number of aliphatic imine (C=N–C) groups is 1. The number of nitrogens with one attached hydrogen (secondary N) is 3. The third kappa shape index (κ3) is 10.4. The van der Waals surface area contributed by atoms with Gasteiger partial charge in [0, 0.05) is 50.4 Å². The molecule has 2 aromatic rings. The van der Waals surface area contributed by atoms with Crippen LogP contribution in [0.25, 0.3) is 0 Å². The van der Waals surface area contributed by atoms with Gasteiger partial charge in [-0.15, -0.1) is 35.7 Å². The first-order valence-corrected chi connectivity index (χ1v) is 11.2. The van der Waals surface area contributed by atoms with Gasteiger partial charge in [0.2, 0.25) is 5.91 Å². The van der Waals surface area contributed by atoms with Crippen molar-refractivity contribution in [3.63, 3.8) is 0 Å². The molecule has 0 saturated heterocycles. The van der Waals surface area contributed by atoms with Crippen LogP contribution in [0.1, 0.15) is 15.9 Å². The van der Waals surface area contributed by atoms with Crippen molar-refractivity contribution in [3.05, 3.63) is 65.7 Å². The van der Waals surface area contributed by atoms with Crippen molar-refractivity contribution < 1.29 is 9.59 Å². The molecule has 0 fully saturated rings. The summed E-state index contributed by atoms with van der Waals surface area (Å²) in [7, 11) is 5.05. The number of hydrogen-bond acceptors (Lipinski definition) is 4. The summed E-state index contributed by atoms with van der Waals surface area (Å²) in [6, 6.07) is 17.8. The van der Waals surface area contributed by atoms with Crippen molar-refractivity contribution in [2.45, 2.75) is 11.3 Å². The minimum absolute atomic E-state index is 0. The molecule has 3 N–H and O–H groups in total. The molecule has 0 aromatic heterocycles. The molecule has 0 radical (unpaired) electrons. The second-order valence-electron chi connectivity index (χ2n) is 7.00. The van der Waals surface area contributed by atoms with Gasteiger partial charge in [-0.05, 0) is 36.2 Å². The van der Waals surface area contributed by atoms with Gasteiger partial charge in [0.25, 0.3) is 5.91 Å². The van der Waals surface area contributed by atoms with Crippen LogP contribution in [0.3, 0.4) is 0 Å². The van der Waals surface area contributed by atoms with E-state index < -0.39 is 0 Å². The van der Waals surface area contributed by atoms with E-state index in [1.54, 1.807) is 39.0 Å². The minimum Gasteiger partial charge on any atom is -0.356 e.